The lowest BCUT2D eigenvalue weighted by molar-refractivity contribution is -0.129. The average molecular weight is 408 g/mol. The predicted octanol–water partition coefficient (Wildman–Crippen LogP) is 3.15. The number of aryl methyl sites for hydroxylation is 1. The molecule has 3 heterocycles. The molecule has 0 bridgehead atoms. The molecule has 0 aliphatic carbocycles. The molecule has 4 rings (SSSR count). The number of anilines is 1. The highest BCUT2D eigenvalue weighted by molar-refractivity contribution is 5.73. The number of likely N-dealkylation sites (N-methyl/N-ethyl adjacent to an activating group) is 1. The fraction of sp³-hybridized carbons (Fsp3) is 0.542. The summed E-state index contributed by atoms with van der Waals surface area (Å²) in [4.78, 5) is 26.2. The van der Waals surface area contributed by atoms with Crippen LogP contribution in [0.2, 0.25) is 0 Å². The number of rotatable bonds is 5. The molecular weight excluding hydrogens is 374 g/mol. The van der Waals surface area contributed by atoms with Gasteiger partial charge in [-0.05, 0) is 51.8 Å². The largest absolute Gasteiger partial charge is 0.369 e. The molecule has 160 valence electrons. The summed E-state index contributed by atoms with van der Waals surface area (Å²) >= 11 is 0. The molecule has 2 aliphatic heterocycles. The first-order valence-electron chi connectivity index (χ1n) is 11.1. The summed E-state index contributed by atoms with van der Waals surface area (Å²) in [6.07, 6.45) is 4.08. The summed E-state index contributed by atoms with van der Waals surface area (Å²) in [6.45, 7) is 8.08. The third-order valence-corrected chi connectivity index (χ3v) is 6.31. The van der Waals surface area contributed by atoms with Crippen LogP contribution in [-0.4, -0.2) is 58.9 Å². The second-order valence-electron chi connectivity index (χ2n) is 8.81. The van der Waals surface area contributed by atoms with Crippen molar-refractivity contribution in [2.75, 3.05) is 38.5 Å². The first-order valence-corrected chi connectivity index (χ1v) is 11.1. The number of carbonyl (C=O) groups is 1. The molecule has 2 aliphatic rings. The molecule has 0 saturated carbocycles. The van der Waals surface area contributed by atoms with Crippen LogP contribution in [0.1, 0.15) is 53.9 Å². The molecule has 1 N–H and O–H groups in total. The minimum atomic E-state index is 0.118. The quantitative estimate of drug-likeness (QED) is 0.825. The monoisotopic (exact) mass is 407 g/mol. The molecule has 1 atom stereocenters. The van der Waals surface area contributed by atoms with Gasteiger partial charge in [0.2, 0.25) is 5.91 Å². The predicted molar refractivity (Wildman–Crippen MR) is 120 cm³/mol. The van der Waals surface area contributed by atoms with Crippen LogP contribution in [0.15, 0.2) is 24.3 Å². The first-order chi connectivity index (χ1) is 14.5. The molecule has 1 amide bonds. The Morgan fingerprint density at radius 1 is 1.27 bits per heavy atom. The van der Waals surface area contributed by atoms with Crippen molar-refractivity contribution in [3.63, 3.8) is 0 Å². The summed E-state index contributed by atoms with van der Waals surface area (Å²) in [7, 11) is 2.17. The van der Waals surface area contributed by atoms with Crippen molar-refractivity contribution in [1.82, 2.24) is 19.8 Å². The van der Waals surface area contributed by atoms with Gasteiger partial charge in [-0.15, -0.1) is 0 Å². The van der Waals surface area contributed by atoms with Gasteiger partial charge < -0.3 is 15.1 Å². The number of aromatic nitrogens is 2. The maximum atomic E-state index is 11.9. The van der Waals surface area contributed by atoms with Crippen molar-refractivity contribution < 1.29 is 4.79 Å². The zero-order valence-corrected chi connectivity index (χ0v) is 18.4. The van der Waals surface area contributed by atoms with Crippen LogP contribution in [0.25, 0.3) is 0 Å². The molecule has 1 saturated heterocycles. The van der Waals surface area contributed by atoms with Gasteiger partial charge in [-0.1, -0.05) is 29.8 Å². The molecule has 1 fully saturated rings. The van der Waals surface area contributed by atoms with Gasteiger partial charge in [0.1, 0.15) is 11.6 Å². The summed E-state index contributed by atoms with van der Waals surface area (Å²) in [5, 5.41) is 3.61. The highest BCUT2D eigenvalue weighted by atomic mass is 16.2. The fourth-order valence-corrected chi connectivity index (χ4v) is 4.62. The minimum Gasteiger partial charge on any atom is -0.369 e. The van der Waals surface area contributed by atoms with Crippen LogP contribution < -0.4 is 5.32 Å². The van der Waals surface area contributed by atoms with Gasteiger partial charge in [0.25, 0.3) is 0 Å². The Hall–Kier alpha value is -2.47. The summed E-state index contributed by atoms with van der Waals surface area (Å²) in [5.41, 5.74) is 4.83. The van der Waals surface area contributed by atoms with Crippen LogP contribution in [0, 0.1) is 6.92 Å². The van der Waals surface area contributed by atoms with E-state index in [1.54, 1.807) is 6.92 Å². The van der Waals surface area contributed by atoms with E-state index in [0.29, 0.717) is 12.5 Å². The van der Waals surface area contributed by atoms with Gasteiger partial charge in [-0.3, -0.25) is 4.79 Å². The van der Waals surface area contributed by atoms with Crippen LogP contribution in [-0.2, 0) is 24.2 Å². The Balaban J connectivity index is 1.56. The molecule has 2 aromatic rings. The van der Waals surface area contributed by atoms with Crippen molar-refractivity contribution >= 4 is 11.7 Å². The molecule has 0 spiro atoms. The first kappa shape index (κ1) is 20.8. The molecular formula is C24H33N5O. The Labute approximate surface area is 179 Å². The van der Waals surface area contributed by atoms with Gasteiger partial charge in [-0.2, -0.15) is 0 Å². The molecule has 6 nitrogen and oxygen atoms in total. The van der Waals surface area contributed by atoms with Crippen LogP contribution >= 0.6 is 0 Å². The van der Waals surface area contributed by atoms with Gasteiger partial charge in [-0.25, -0.2) is 9.97 Å². The standard InChI is InChI=1S/C24H33N5O/c1-17-6-4-7-19(14-17)9-11-25-24-21-10-13-29(18(2)30)16-22(21)26-23(27-24)20-8-5-12-28(3)15-20/h4,6-7,14,20H,5,8-13,15-16H2,1-3H3,(H,25,26,27). The zero-order valence-electron chi connectivity index (χ0n) is 18.4. The lowest BCUT2D eigenvalue weighted by atomic mass is 9.96. The number of nitrogens with one attached hydrogen (secondary N) is 1. The van der Waals surface area contributed by atoms with Crippen LogP contribution in [0.5, 0.6) is 0 Å². The number of fused-ring (bicyclic) bond motifs is 1. The third-order valence-electron chi connectivity index (χ3n) is 6.31. The van der Waals surface area contributed by atoms with Crippen molar-refractivity contribution in [2.24, 2.45) is 0 Å². The van der Waals surface area contributed by atoms with E-state index < -0.39 is 0 Å². The van der Waals surface area contributed by atoms with E-state index in [1.165, 1.54) is 23.1 Å². The molecule has 30 heavy (non-hydrogen) atoms. The highest BCUT2D eigenvalue weighted by Crippen LogP contribution is 2.29. The fourth-order valence-electron chi connectivity index (χ4n) is 4.62. The highest BCUT2D eigenvalue weighted by Gasteiger charge is 2.27. The third kappa shape index (κ3) is 4.81. The molecule has 0 radical (unpaired) electrons. The second-order valence-corrected chi connectivity index (χ2v) is 8.81. The SMILES string of the molecule is CC(=O)N1CCc2c(nc(C3CCCN(C)C3)nc2NCCc2cccc(C)c2)C1. The maximum absolute atomic E-state index is 11.9. The number of carbonyl (C=O) groups excluding carboxylic acids is 1. The zero-order chi connectivity index (χ0) is 21.1. The molecule has 1 aromatic heterocycles. The smallest absolute Gasteiger partial charge is 0.219 e. The van der Waals surface area contributed by atoms with E-state index in [-0.39, 0.29) is 5.91 Å². The lowest BCUT2D eigenvalue weighted by Gasteiger charge is -2.32. The van der Waals surface area contributed by atoms with Gasteiger partial charge in [0, 0.05) is 38.0 Å². The number of nitrogens with zero attached hydrogens (tertiary/aromatic N) is 4. The number of benzene rings is 1. The number of hydrogen-bond donors (Lipinski definition) is 1. The maximum Gasteiger partial charge on any atom is 0.219 e. The van der Waals surface area contributed by atoms with E-state index >= 15 is 0 Å². The van der Waals surface area contributed by atoms with E-state index in [0.717, 1.165) is 62.8 Å². The molecule has 6 heteroatoms. The number of amides is 1. The van der Waals surface area contributed by atoms with E-state index in [2.05, 4.69) is 48.5 Å². The van der Waals surface area contributed by atoms with Crippen molar-refractivity contribution in [2.45, 2.75) is 52.0 Å². The topological polar surface area (TPSA) is 61.4 Å². The van der Waals surface area contributed by atoms with Crippen molar-refractivity contribution in [3.05, 3.63) is 52.5 Å². The number of hydrogen-bond acceptors (Lipinski definition) is 5. The molecule has 1 aromatic carbocycles. The number of likely N-dealkylation sites (tertiary alicyclic amines) is 1. The minimum absolute atomic E-state index is 0.118. The van der Waals surface area contributed by atoms with E-state index in [4.69, 9.17) is 9.97 Å². The summed E-state index contributed by atoms with van der Waals surface area (Å²) in [5.74, 6) is 2.38. The summed E-state index contributed by atoms with van der Waals surface area (Å²) < 4.78 is 0. The van der Waals surface area contributed by atoms with Crippen molar-refractivity contribution in [3.8, 4) is 0 Å². The molecule has 1 unspecified atom stereocenters. The normalized spacial score (nSPS) is 19.4. The number of piperidine rings is 1. The second kappa shape index (κ2) is 9.13. The van der Waals surface area contributed by atoms with Gasteiger partial charge in [0.05, 0.1) is 12.2 Å². The lowest BCUT2D eigenvalue weighted by Crippen LogP contribution is -2.36. The Morgan fingerprint density at radius 3 is 2.90 bits per heavy atom. The van der Waals surface area contributed by atoms with Gasteiger partial charge in [0.15, 0.2) is 0 Å². The van der Waals surface area contributed by atoms with Gasteiger partial charge >= 0.3 is 0 Å². The van der Waals surface area contributed by atoms with Crippen LogP contribution in [0.4, 0.5) is 5.82 Å². The van der Waals surface area contributed by atoms with Crippen LogP contribution in [0.3, 0.4) is 0 Å². The Bertz CT molecular complexity index is 912. The Kier molecular flexibility index (Phi) is 6.32. The van der Waals surface area contributed by atoms with E-state index in [1.807, 2.05) is 4.90 Å². The van der Waals surface area contributed by atoms with Crippen molar-refractivity contribution in [1.29, 1.82) is 0 Å². The van der Waals surface area contributed by atoms with E-state index in [9.17, 15) is 4.79 Å². The summed E-state index contributed by atoms with van der Waals surface area (Å²) in [6, 6.07) is 8.67. The Morgan fingerprint density at radius 2 is 2.13 bits per heavy atom. The average Bonchev–Trinajstić information content (AvgIpc) is 2.73.